The number of carbonyl (C=O) groups is 3. The Hall–Kier alpha value is -2.16. The van der Waals surface area contributed by atoms with Crippen molar-refractivity contribution in [3.05, 3.63) is 48.6 Å². The van der Waals surface area contributed by atoms with Gasteiger partial charge in [0.25, 0.3) is 0 Å². The van der Waals surface area contributed by atoms with E-state index in [9.17, 15) is 19.5 Å². The predicted molar refractivity (Wildman–Crippen MR) is 136 cm³/mol. The van der Waals surface area contributed by atoms with Crippen LogP contribution in [0.1, 0.15) is 58.3 Å². The summed E-state index contributed by atoms with van der Waals surface area (Å²) in [6, 6.07) is -0.902. The van der Waals surface area contributed by atoms with Gasteiger partial charge in [-0.05, 0) is 32.1 Å². The number of unbranched alkanes of at least 4 members (excludes halogenated alkanes) is 3. The van der Waals surface area contributed by atoms with Crippen LogP contribution >= 0.6 is 12.6 Å². The fourth-order valence-electron chi connectivity index (χ4n) is 3.02. The molecule has 0 radical (unpaired) electrons. The summed E-state index contributed by atoms with van der Waals surface area (Å²) in [5.74, 6) is -2.71. The van der Waals surface area contributed by atoms with Crippen molar-refractivity contribution in [2.24, 2.45) is 11.7 Å². The van der Waals surface area contributed by atoms with Gasteiger partial charge < -0.3 is 21.3 Å². The van der Waals surface area contributed by atoms with E-state index in [0.29, 0.717) is 0 Å². The van der Waals surface area contributed by atoms with Gasteiger partial charge in [0, 0.05) is 12.2 Å². The van der Waals surface area contributed by atoms with Gasteiger partial charge >= 0.3 is 5.97 Å². The molecule has 3 atom stereocenters. The van der Waals surface area contributed by atoms with Crippen molar-refractivity contribution in [1.82, 2.24) is 5.32 Å². The lowest BCUT2D eigenvalue weighted by molar-refractivity contribution is -0.137. The second-order valence-electron chi connectivity index (χ2n) is 7.69. The van der Waals surface area contributed by atoms with E-state index in [1.165, 1.54) is 19.3 Å². The Balaban J connectivity index is 4.99. The second kappa shape index (κ2) is 20.4. The number of aliphatic hydroxyl groups is 1. The zero-order valence-corrected chi connectivity index (χ0v) is 20.5. The maximum atomic E-state index is 12.9. The van der Waals surface area contributed by atoms with E-state index in [2.05, 4.69) is 37.0 Å². The van der Waals surface area contributed by atoms with E-state index in [0.717, 1.165) is 12.8 Å². The number of nitrogens with two attached hydrogens (primary N) is 1. The van der Waals surface area contributed by atoms with E-state index >= 15 is 0 Å². The molecule has 0 fully saturated rings. The highest BCUT2D eigenvalue weighted by molar-refractivity contribution is 7.80. The molecule has 0 aromatic carbocycles. The molecule has 33 heavy (non-hydrogen) atoms. The van der Waals surface area contributed by atoms with Crippen LogP contribution in [0, 0.1) is 5.92 Å². The molecular formula is C25H40N2O5S. The molecule has 0 rings (SSSR count). The molecule has 186 valence electrons. The third-order valence-corrected chi connectivity index (χ3v) is 5.25. The molecule has 1 unspecified atom stereocenters. The van der Waals surface area contributed by atoms with Crippen LogP contribution < -0.4 is 11.1 Å². The first-order chi connectivity index (χ1) is 15.9. The number of thiol groups is 1. The number of rotatable bonds is 19. The van der Waals surface area contributed by atoms with Crippen molar-refractivity contribution in [2.45, 2.75) is 70.4 Å². The third-order valence-electron chi connectivity index (χ3n) is 4.88. The van der Waals surface area contributed by atoms with Gasteiger partial charge in [0.2, 0.25) is 5.91 Å². The van der Waals surface area contributed by atoms with Crippen molar-refractivity contribution in [2.75, 3.05) is 12.3 Å². The van der Waals surface area contributed by atoms with Crippen molar-refractivity contribution in [3.63, 3.8) is 0 Å². The SMILES string of the molecule is CCCCC/C=C\CC=CC=C/C=C/[C@H](C(=O)C(CS)NC(=O)CN)[C@H](O)CCCC(=O)O. The first kappa shape index (κ1) is 30.8. The Morgan fingerprint density at radius 1 is 1.03 bits per heavy atom. The number of allylic oxidation sites excluding steroid dienone is 7. The number of ketones is 1. The Labute approximate surface area is 203 Å². The van der Waals surface area contributed by atoms with Crippen molar-refractivity contribution < 1.29 is 24.6 Å². The summed E-state index contributed by atoms with van der Waals surface area (Å²) in [6.07, 6.45) is 19.9. The Kier molecular flexibility index (Phi) is 19.1. The second-order valence-corrected chi connectivity index (χ2v) is 8.05. The summed E-state index contributed by atoms with van der Waals surface area (Å²) in [5, 5.41) is 21.8. The van der Waals surface area contributed by atoms with Crippen molar-refractivity contribution >= 4 is 30.3 Å². The molecule has 0 saturated carbocycles. The van der Waals surface area contributed by atoms with Crippen LogP contribution in [0.25, 0.3) is 0 Å². The monoisotopic (exact) mass is 480 g/mol. The normalized spacial score (nSPS) is 14.9. The summed E-state index contributed by atoms with van der Waals surface area (Å²) < 4.78 is 0. The van der Waals surface area contributed by atoms with E-state index in [4.69, 9.17) is 10.8 Å². The predicted octanol–water partition coefficient (Wildman–Crippen LogP) is 3.36. The summed E-state index contributed by atoms with van der Waals surface area (Å²) in [7, 11) is 0. The van der Waals surface area contributed by atoms with Crippen LogP contribution in [0.15, 0.2) is 48.6 Å². The number of hydrogen-bond donors (Lipinski definition) is 5. The molecule has 8 heteroatoms. The molecule has 0 bridgehead atoms. The lowest BCUT2D eigenvalue weighted by Gasteiger charge is -2.24. The topological polar surface area (TPSA) is 130 Å². The van der Waals surface area contributed by atoms with Crippen molar-refractivity contribution in [1.29, 1.82) is 0 Å². The van der Waals surface area contributed by atoms with Crippen LogP contribution in [0.5, 0.6) is 0 Å². The summed E-state index contributed by atoms with van der Waals surface area (Å²) in [5.41, 5.74) is 5.30. The molecule has 0 saturated heterocycles. The summed E-state index contributed by atoms with van der Waals surface area (Å²) in [4.78, 5) is 35.3. The minimum absolute atomic E-state index is 0.0568. The average molecular weight is 481 g/mol. The molecule has 7 nitrogen and oxygen atoms in total. The third kappa shape index (κ3) is 16.2. The molecule has 0 aliphatic heterocycles. The molecule has 0 spiro atoms. The molecule has 0 aliphatic rings. The maximum Gasteiger partial charge on any atom is 0.303 e. The maximum absolute atomic E-state index is 12.9. The number of Topliss-reactive ketones (excluding diaryl/α,β-unsaturated/α-hetero) is 1. The van der Waals surface area contributed by atoms with Crippen LogP contribution in [0.2, 0.25) is 0 Å². The Bertz CT molecular complexity index is 688. The molecular weight excluding hydrogens is 440 g/mol. The standard InChI is InChI=1S/C25H40N2O5S/c1-2-3-4-5-6-7-8-9-10-11-12-13-15-20(22(28)16-14-17-24(30)31)25(32)21(19-33)27-23(29)18-26/h6-7,9-13,15,20-22,28,33H,2-5,8,14,16-19,26H2,1H3,(H,27,29)(H,30,31)/b7-6-,10-9?,12-11?,15-13+/t20-,21?,22+/m0/s1. The largest absolute Gasteiger partial charge is 0.481 e. The van der Waals surface area contributed by atoms with Crippen molar-refractivity contribution in [3.8, 4) is 0 Å². The average Bonchev–Trinajstić information content (AvgIpc) is 2.79. The van der Waals surface area contributed by atoms with Gasteiger partial charge in [-0.2, -0.15) is 12.6 Å². The van der Waals surface area contributed by atoms with Crippen LogP contribution in [0.3, 0.4) is 0 Å². The van der Waals surface area contributed by atoms with Gasteiger partial charge in [-0.3, -0.25) is 14.4 Å². The van der Waals surface area contributed by atoms with Gasteiger partial charge in [-0.15, -0.1) is 0 Å². The van der Waals surface area contributed by atoms with Gasteiger partial charge in [0.1, 0.15) is 0 Å². The number of aliphatic carboxylic acids is 1. The van der Waals surface area contributed by atoms with Gasteiger partial charge in [-0.25, -0.2) is 0 Å². The van der Waals surface area contributed by atoms with Crippen LogP contribution in [0.4, 0.5) is 0 Å². The smallest absolute Gasteiger partial charge is 0.303 e. The van der Waals surface area contributed by atoms with Gasteiger partial charge in [0.15, 0.2) is 5.78 Å². The van der Waals surface area contributed by atoms with Crippen LogP contribution in [-0.2, 0) is 14.4 Å². The zero-order chi connectivity index (χ0) is 24.9. The lowest BCUT2D eigenvalue weighted by atomic mass is 9.89. The molecule has 5 N–H and O–H groups in total. The van der Waals surface area contributed by atoms with E-state index < -0.39 is 35.7 Å². The van der Waals surface area contributed by atoms with Crippen LogP contribution in [-0.4, -0.2) is 52.3 Å². The van der Waals surface area contributed by atoms with E-state index in [-0.39, 0.29) is 31.6 Å². The highest BCUT2D eigenvalue weighted by Crippen LogP contribution is 2.17. The quantitative estimate of drug-likeness (QED) is 0.0834. The first-order valence-electron chi connectivity index (χ1n) is 11.6. The van der Waals surface area contributed by atoms with Gasteiger partial charge in [-0.1, -0.05) is 68.4 Å². The number of carboxylic acid groups (broad SMARTS) is 1. The minimum Gasteiger partial charge on any atom is -0.481 e. The molecule has 0 aromatic rings. The van der Waals surface area contributed by atoms with Gasteiger partial charge in [0.05, 0.1) is 24.6 Å². The number of amides is 1. The Morgan fingerprint density at radius 2 is 1.76 bits per heavy atom. The highest BCUT2D eigenvalue weighted by atomic mass is 32.1. The first-order valence-corrected chi connectivity index (χ1v) is 12.2. The summed E-state index contributed by atoms with van der Waals surface area (Å²) in [6.45, 7) is 1.92. The number of carboxylic acids is 1. The molecule has 1 amide bonds. The number of aliphatic hydroxyl groups excluding tert-OH is 1. The zero-order valence-electron chi connectivity index (χ0n) is 19.6. The molecule has 0 aromatic heterocycles. The number of nitrogens with one attached hydrogen (secondary N) is 1. The highest BCUT2D eigenvalue weighted by Gasteiger charge is 2.30. The van der Waals surface area contributed by atoms with E-state index in [1.54, 1.807) is 18.2 Å². The number of hydrogen-bond acceptors (Lipinski definition) is 6. The molecule has 0 heterocycles. The molecule has 0 aliphatic carbocycles. The fourth-order valence-corrected chi connectivity index (χ4v) is 3.29. The lowest BCUT2D eigenvalue weighted by Crippen LogP contribution is -2.48. The Morgan fingerprint density at radius 3 is 2.39 bits per heavy atom. The number of carbonyl (C=O) groups excluding carboxylic acids is 2. The minimum atomic E-state index is -1.08. The van der Waals surface area contributed by atoms with E-state index in [1.807, 2.05) is 18.2 Å². The summed E-state index contributed by atoms with van der Waals surface area (Å²) >= 11 is 4.13. The fraction of sp³-hybridized carbons (Fsp3) is 0.560.